The van der Waals surface area contributed by atoms with Gasteiger partial charge < -0.3 is 10.2 Å². The number of carbonyl (C=O) groups is 2. The number of rotatable bonds is 9. The maximum Gasteiger partial charge on any atom is 0.244 e. The fourth-order valence-corrected chi connectivity index (χ4v) is 4.45. The first-order valence-electron chi connectivity index (χ1n) is 9.99. The van der Waals surface area contributed by atoms with Crippen LogP contribution in [0, 0.1) is 0 Å². The molecule has 0 fully saturated rings. The molecular formula is C22H27Cl2N3O4S. The lowest BCUT2D eigenvalue weighted by molar-refractivity contribution is -0.139. The standard InChI is InChI=1S/C22H27Cl2N3O4S/c1-5-16-6-10-19(11-7-16)27(32(4,30)31)14-21(28)26(15(2)22(29)25-3)13-17-8-9-18(23)12-20(17)24/h6-12,15H,5,13-14H2,1-4H3,(H,25,29)/t15-/m1/s1. The van der Waals surface area contributed by atoms with Crippen molar-refractivity contribution in [2.75, 3.05) is 24.2 Å². The highest BCUT2D eigenvalue weighted by Crippen LogP contribution is 2.24. The molecule has 0 aliphatic carbocycles. The molecule has 1 N–H and O–H groups in total. The minimum Gasteiger partial charge on any atom is -0.357 e. The Morgan fingerprint density at radius 2 is 1.72 bits per heavy atom. The highest BCUT2D eigenvalue weighted by Gasteiger charge is 2.30. The summed E-state index contributed by atoms with van der Waals surface area (Å²) in [4.78, 5) is 26.9. The molecule has 0 spiro atoms. The molecule has 0 saturated carbocycles. The first kappa shape index (κ1) is 26.0. The third kappa shape index (κ3) is 6.60. The van der Waals surface area contributed by atoms with E-state index in [9.17, 15) is 18.0 Å². The van der Waals surface area contributed by atoms with E-state index in [-0.39, 0.29) is 12.5 Å². The van der Waals surface area contributed by atoms with Crippen LogP contribution in [0.2, 0.25) is 10.0 Å². The Labute approximate surface area is 199 Å². The summed E-state index contributed by atoms with van der Waals surface area (Å²) >= 11 is 12.2. The van der Waals surface area contributed by atoms with Crippen molar-refractivity contribution in [2.45, 2.75) is 32.9 Å². The minimum atomic E-state index is -3.76. The van der Waals surface area contributed by atoms with Crippen molar-refractivity contribution in [1.82, 2.24) is 10.2 Å². The van der Waals surface area contributed by atoms with E-state index in [0.717, 1.165) is 22.5 Å². The number of halogens is 2. The van der Waals surface area contributed by atoms with Gasteiger partial charge in [-0.05, 0) is 48.7 Å². The molecular weight excluding hydrogens is 473 g/mol. The monoisotopic (exact) mass is 499 g/mol. The van der Waals surface area contributed by atoms with Crippen molar-refractivity contribution in [1.29, 1.82) is 0 Å². The van der Waals surface area contributed by atoms with E-state index in [2.05, 4.69) is 5.32 Å². The second kappa shape index (κ2) is 11.0. The number of sulfonamides is 1. The smallest absolute Gasteiger partial charge is 0.244 e. The Bertz CT molecular complexity index is 1080. The SMILES string of the molecule is CCc1ccc(N(CC(=O)N(Cc2ccc(Cl)cc2Cl)[C@H](C)C(=O)NC)S(C)(=O)=O)cc1. The molecule has 0 radical (unpaired) electrons. The van der Waals surface area contributed by atoms with Gasteiger partial charge in [-0.15, -0.1) is 0 Å². The van der Waals surface area contributed by atoms with E-state index < -0.39 is 28.5 Å². The van der Waals surface area contributed by atoms with Crippen LogP contribution in [0.1, 0.15) is 25.0 Å². The van der Waals surface area contributed by atoms with Gasteiger partial charge in [-0.2, -0.15) is 0 Å². The first-order valence-corrected chi connectivity index (χ1v) is 12.6. The first-order chi connectivity index (χ1) is 15.0. The van der Waals surface area contributed by atoms with Crippen molar-refractivity contribution in [3.63, 3.8) is 0 Å². The van der Waals surface area contributed by atoms with Gasteiger partial charge in [0.25, 0.3) is 0 Å². The van der Waals surface area contributed by atoms with Crippen LogP contribution in [0.3, 0.4) is 0 Å². The maximum atomic E-state index is 13.3. The van der Waals surface area contributed by atoms with E-state index in [4.69, 9.17) is 23.2 Å². The van der Waals surface area contributed by atoms with Gasteiger partial charge in [0.2, 0.25) is 21.8 Å². The summed E-state index contributed by atoms with van der Waals surface area (Å²) in [7, 11) is -2.30. The zero-order chi connectivity index (χ0) is 24.1. The number of nitrogens with one attached hydrogen (secondary N) is 1. The van der Waals surface area contributed by atoms with Gasteiger partial charge in [0.05, 0.1) is 11.9 Å². The Balaban J connectivity index is 2.39. The fraction of sp³-hybridized carbons (Fsp3) is 0.364. The summed E-state index contributed by atoms with van der Waals surface area (Å²) in [5.41, 5.74) is 1.99. The van der Waals surface area contributed by atoms with Gasteiger partial charge in [-0.3, -0.25) is 13.9 Å². The van der Waals surface area contributed by atoms with Crippen molar-refractivity contribution in [2.24, 2.45) is 0 Å². The van der Waals surface area contributed by atoms with Crippen LogP contribution in [0.5, 0.6) is 0 Å². The molecule has 0 aromatic heterocycles. The summed E-state index contributed by atoms with van der Waals surface area (Å²) < 4.78 is 26.0. The predicted octanol–water partition coefficient (Wildman–Crippen LogP) is 3.49. The molecule has 0 aliphatic heterocycles. The minimum absolute atomic E-state index is 0.00972. The van der Waals surface area contributed by atoms with Crippen LogP contribution in [0.15, 0.2) is 42.5 Å². The van der Waals surface area contributed by atoms with E-state index in [1.54, 1.807) is 37.3 Å². The van der Waals surface area contributed by atoms with E-state index >= 15 is 0 Å². The third-order valence-corrected chi connectivity index (χ3v) is 6.81. The van der Waals surface area contributed by atoms with Gasteiger partial charge in [0.15, 0.2) is 0 Å². The van der Waals surface area contributed by atoms with Crippen LogP contribution in [-0.2, 0) is 32.6 Å². The van der Waals surface area contributed by atoms with Crippen molar-refractivity contribution >= 4 is 50.7 Å². The molecule has 2 aromatic carbocycles. The van der Waals surface area contributed by atoms with Gasteiger partial charge in [0.1, 0.15) is 12.6 Å². The van der Waals surface area contributed by atoms with Crippen molar-refractivity contribution in [3.05, 3.63) is 63.6 Å². The average molecular weight is 500 g/mol. The second-order valence-electron chi connectivity index (χ2n) is 7.34. The number of amides is 2. The zero-order valence-electron chi connectivity index (χ0n) is 18.4. The van der Waals surface area contributed by atoms with Gasteiger partial charge in [-0.25, -0.2) is 8.42 Å². The molecule has 1 atom stereocenters. The van der Waals surface area contributed by atoms with Gasteiger partial charge in [-0.1, -0.05) is 48.3 Å². The van der Waals surface area contributed by atoms with Crippen molar-refractivity contribution < 1.29 is 18.0 Å². The van der Waals surface area contributed by atoms with Crippen LogP contribution < -0.4 is 9.62 Å². The van der Waals surface area contributed by atoms with E-state index in [1.807, 2.05) is 19.1 Å². The molecule has 0 aliphatic rings. The summed E-state index contributed by atoms with van der Waals surface area (Å²) in [5, 5.41) is 3.30. The summed E-state index contributed by atoms with van der Waals surface area (Å²) in [6.07, 6.45) is 1.84. The quantitative estimate of drug-likeness (QED) is 0.571. The highest BCUT2D eigenvalue weighted by molar-refractivity contribution is 7.92. The summed E-state index contributed by atoms with van der Waals surface area (Å²) in [6, 6.07) is 10.9. The molecule has 0 saturated heterocycles. The Hall–Kier alpha value is -2.29. The summed E-state index contributed by atoms with van der Waals surface area (Å²) in [5.74, 6) is -0.932. The molecule has 7 nitrogen and oxygen atoms in total. The number of benzene rings is 2. The maximum absolute atomic E-state index is 13.3. The highest BCUT2D eigenvalue weighted by atomic mass is 35.5. The van der Waals surface area contributed by atoms with E-state index in [1.165, 1.54) is 11.9 Å². The Morgan fingerprint density at radius 3 is 2.22 bits per heavy atom. The van der Waals surface area contributed by atoms with Crippen LogP contribution in [-0.4, -0.2) is 51.0 Å². The largest absolute Gasteiger partial charge is 0.357 e. The van der Waals surface area contributed by atoms with Gasteiger partial charge in [0, 0.05) is 23.6 Å². The van der Waals surface area contributed by atoms with Gasteiger partial charge >= 0.3 is 0 Å². The molecule has 32 heavy (non-hydrogen) atoms. The number of nitrogens with zero attached hydrogens (tertiary/aromatic N) is 2. The lowest BCUT2D eigenvalue weighted by Gasteiger charge is -2.31. The number of hydrogen-bond donors (Lipinski definition) is 1. The molecule has 0 heterocycles. The third-order valence-electron chi connectivity index (χ3n) is 5.08. The summed E-state index contributed by atoms with van der Waals surface area (Å²) in [6.45, 7) is 3.11. The number of likely N-dealkylation sites (N-methyl/N-ethyl adjacent to an activating group) is 1. The number of aryl methyl sites for hydroxylation is 1. The fourth-order valence-electron chi connectivity index (χ4n) is 3.14. The zero-order valence-corrected chi connectivity index (χ0v) is 20.8. The molecule has 2 rings (SSSR count). The topological polar surface area (TPSA) is 86.8 Å². The lowest BCUT2D eigenvalue weighted by Crippen LogP contribution is -2.50. The number of anilines is 1. The van der Waals surface area contributed by atoms with Crippen molar-refractivity contribution in [3.8, 4) is 0 Å². The lowest BCUT2D eigenvalue weighted by atomic mass is 10.1. The predicted molar refractivity (Wildman–Crippen MR) is 129 cm³/mol. The number of carbonyl (C=O) groups excluding carboxylic acids is 2. The molecule has 0 bridgehead atoms. The van der Waals surface area contributed by atoms with Crippen LogP contribution >= 0.6 is 23.2 Å². The second-order valence-corrected chi connectivity index (χ2v) is 10.1. The normalized spacial score (nSPS) is 12.2. The molecule has 0 unspecified atom stereocenters. The molecule has 174 valence electrons. The van der Waals surface area contributed by atoms with Crippen LogP contribution in [0.4, 0.5) is 5.69 Å². The molecule has 2 amide bonds. The Morgan fingerprint density at radius 1 is 1.09 bits per heavy atom. The van der Waals surface area contributed by atoms with Crippen LogP contribution in [0.25, 0.3) is 0 Å². The average Bonchev–Trinajstić information content (AvgIpc) is 2.75. The molecule has 10 heteroatoms. The Kier molecular flexibility index (Phi) is 8.95. The molecule has 2 aromatic rings. The van der Waals surface area contributed by atoms with E-state index in [0.29, 0.717) is 21.3 Å². The number of hydrogen-bond acceptors (Lipinski definition) is 4.